The number of H-pyrrole nitrogens is 1. The molecule has 0 bridgehead atoms. The highest BCUT2D eigenvalue weighted by atomic mass is 16.2. The Kier molecular flexibility index (Phi) is 2.23. The van der Waals surface area contributed by atoms with Crippen molar-refractivity contribution in [3.05, 3.63) is 20.8 Å². The lowest BCUT2D eigenvalue weighted by atomic mass is 10.4. The van der Waals surface area contributed by atoms with Gasteiger partial charge in [-0.25, -0.2) is 9.79 Å². The van der Waals surface area contributed by atoms with Crippen molar-refractivity contribution in [2.75, 3.05) is 0 Å². The van der Waals surface area contributed by atoms with Gasteiger partial charge in [-0.05, 0) is 13.4 Å². The van der Waals surface area contributed by atoms with E-state index >= 15 is 0 Å². The van der Waals surface area contributed by atoms with Crippen molar-refractivity contribution >= 4 is 24.9 Å². The van der Waals surface area contributed by atoms with E-state index in [0.29, 0.717) is 0 Å². The van der Waals surface area contributed by atoms with E-state index in [0.717, 1.165) is 4.57 Å². The minimum absolute atomic E-state index is 0.00269. The Balaban J connectivity index is 3.81. The summed E-state index contributed by atoms with van der Waals surface area (Å²) < 4.78 is 1.14. The number of hydrogen-bond acceptors (Lipinski definition) is 4. The molecule has 0 spiro atoms. The first kappa shape index (κ1) is 9.11. The molecule has 1 N–H and O–H groups in total. The SMILES string of the molecule is C=Nc1c(N=C)n(C)c(=O)[nH]c1=O. The molecule has 0 aliphatic carbocycles. The molecule has 0 saturated heterocycles. The van der Waals surface area contributed by atoms with Crippen LogP contribution >= 0.6 is 0 Å². The van der Waals surface area contributed by atoms with Crippen LogP contribution in [-0.2, 0) is 7.05 Å². The van der Waals surface area contributed by atoms with Gasteiger partial charge < -0.3 is 0 Å². The van der Waals surface area contributed by atoms with Gasteiger partial charge in [0.2, 0.25) is 0 Å². The predicted molar refractivity (Wildman–Crippen MR) is 50.7 cm³/mol. The van der Waals surface area contributed by atoms with Gasteiger partial charge in [0, 0.05) is 7.05 Å². The van der Waals surface area contributed by atoms with Crippen LogP contribution in [0.4, 0.5) is 11.5 Å². The molecule has 0 aliphatic rings. The van der Waals surface area contributed by atoms with Crippen LogP contribution in [0.25, 0.3) is 0 Å². The topological polar surface area (TPSA) is 79.6 Å². The van der Waals surface area contributed by atoms with Crippen LogP contribution in [0.3, 0.4) is 0 Å². The van der Waals surface area contributed by atoms with Gasteiger partial charge in [0.25, 0.3) is 5.56 Å². The highest BCUT2D eigenvalue weighted by Crippen LogP contribution is 2.18. The standard InChI is InChI=1S/C7H8N4O2/c1-8-4-5(9-2)11(3)7(13)10-6(4)12/h1-2H2,3H3,(H,10,12,13). The lowest BCUT2D eigenvalue weighted by molar-refractivity contribution is 0.804. The molecule has 0 unspecified atom stereocenters. The van der Waals surface area contributed by atoms with Crippen LogP contribution in [-0.4, -0.2) is 23.0 Å². The average Bonchev–Trinajstić information content (AvgIpc) is 2.10. The van der Waals surface area contributed by atoms with Gasteiger partial charge in [0.1, 0.15) is 0 Å². The van der Waals surface area contributed by atoms with E-state index in [4.69, 9.17) is 0 Å². The molecule has 0 fully saturated rings. The summed E-state index contributed by atoms with van der Waals surface area (Å²) in [4.78, 5) is 31.2. The predicted octanol–water partition coefficient (Wildman–Crippen LogP) is -0.262. The smallest absolute Gasteiger partial charge is 0.279 e. The van der Waals surface area contributed by atoms with Crippen molar-refractivity contribution < 1.29 is 0 Å². The Morgan fingerprint density at radius 1 is 1.31 bits per heavy atom. The largest absolute Gasteiger partial charge is 0.329 e. The normalized spacial score (nSPS) is 9.62. The Morgan fingerprint density at radius 3 is 2.38 bits per heavy atom. The minimum atomic E-state index is -0.611. The second-order valence-electron chi connectivity index (χ2n) is 2.31. The molecule has 0 aromatic carbocycles. The summed E-state index contributed by atoms with van der Waals surface area (Å²) in [7, 11) is 1.46. The zero-order valence-electron chi connectivity index (χ0n) is 7.07. The number of hydrogen-bond donors (Lipinski definition) is 1. The molecule has 1 rings (SSSR count). The Bertz CT molecular complexity index is 468. The third kappa shape index (κ3) is 1.33. The van der Waals surface area contributed by atoms with Crippen LogP contribution in [0.1, 0.15) is 0 Å². The molecule has 6 nitrogen and oxygen atoms in total. The Hall–Kier alpha value is -1.98. The minimum Gasteiger partial charge on any atom is -0.279 e. The molecule has 0 atom stereocenters. The van der Waals surface area contributed by atoms with E-state index in [9.17, 15) is 9.59 Å². The van der Waals surface area contributed by atoms with E-state index in [-0.39, 0.29) is 11.5 Å². The molecule has 0 amide bonds. The van der Waals surface area contributed by atoms with Crippen LogP contribution in [0.15, 0.2) is 19.6 Å². The first-order valence-electron chi connectivity index (χ1n) is 3.38. The van der Waals surface area contributed by atoms with Gasteiger partial charge in [0.15, 0.2) is 11.5 Å². The molecule has 1 aromatic heterocycles. The average molecular weight is 180 g/mol. The number of aromatic nitrogens is 2. The summed E-state index contributed by atoms with van der Waals surface area (Å²) in [6.45, 7) is 6.43. The first-order chi connectivity index (χ1) is 6.11. The Labute approximate surface area is 73.3 Å². The molecule has 6 heteroatoms. The second kappa shape index (κ2) is 3.18. The molecule has 1 heterocycles. The van der Waals surface area contributed by atoms with E-state index in [1.807, 2.05) is 0 Å². The van der Waals surface area contributed by atoms with Crippen LogP contribution in [0.5, 0.6) is 0 Å². The fourth-order valence-corrected chi connectivity index (χ4v) is 0.920. The highest BCUT2D eigenvalue weighted by Gasteiger charge is 2.08. The zero-order chi connectivity index (χ0) is 10.0. The van der Waals surface area contributed by atoms with E-state index in [1.165, 1.54) is 7.05 Å². The van der Waals surface area contributed by atoms with Crippen molar-refractivity contribution in [2.45, 2.75) is 0 Å². The van der Waals surface area contributed by atoms with Gasteiger partial charge >= 0.3 is 5.69 Å². The number of aliphatic imine (C=N–C) groups is 2. The molecule has 68 valence electrons. The third-order valence-corrected chi connectivity index (χ3v) is 1.58. The second-order valence-corrected chi connectivity index (χ2v) is 2.31. The maximum absolute atomic E-state index is 11.1. The van der Waals surface area contributed by atoms with Crippen molar-refractivity contribution in [2.24, 2.45) is 17.0 Å². The van der Waals surface area contributed by atoms with E-state index in [1.54, 1.807) is 0 Å². The van der Waals surface area contributed by atoms with Gasteiger partial charge in [-0.2, -0.15) is 0 Å². The van der Waals surface area contributed by atoms with E-state index < -0.39 is 11.2 Å². The van der Waals surface area contributed by atoms with Crippen molar-refractivity contribution in [3.8, 4) is 0 Å². The molecule has 1 aromatic rings. The fourth-order valence-electron chi connectivity index (χ4n) is 0.920. The maximum atomic E-state index is 11.1. The van der Waals surface area contributed by atoms with Crippen LogP contribution < -0.4 is 11.2 Å². The monoisotopic (exact) mass is 180 g/mol. The van der Waals surface area contributed by atoms with Crippen molar-refractivity contribution in [3.63, 3.8) is 0 Å². The zero-order valence-corrected chi connectivity index (χ0v) is 7.07. The lowest BCUT2D eigenvalue weighted by Gasteiger charge is -2.03. The molecule has 0 saturated carbocycles. The van der Waals surface area contributed by atoms with Gasteiger partial charge in [-0.1, -0.05) is 0 Å². The summed E-state index contributed by atoms with van der Waals surface area (Å²) in [6.07, 6.45) is 0. The van der Waals surface area contributed by atoms with E-state index in [2.05, 4.69) is 28.4 Å². The van der Waals surface area contributed by atoms with Gasteiger partial charge in [-0.15, -0.1) is 0 Å². The third-order valence-electron chi connectivity index (χ3n) is 1.58. The number of aromatic amines is 1. The quantitative estimate of drug-likeness (QED) is 0.636. The van der Waals surface area contributed by atoms with Gasteiger partial charge in [-0.3, -0.25) is 19.3 Å². The first-order valence-corrected chi connectivity index (χ1v) is 3.38. The molecule has 0 radical (unpaired) electrons. The molecular weight excluding hydrogens is 172 g/mol. The highest BCUT2D eigenvalue weighted by molar-refractivity contribution is 5.61. The van der Waals surface area contributed by atoms with Crippen LogP contribution in [0.2, 0.25) is 0 Å². The van der Waals surface area contributed by atoms with Gasteiger partial charge in [0.05, 0.1) is 0 Å². The molecule has 0 aliphatic heterocycles. The summed E-state index contributed by atoms with van der Waals surface area (Å²) in [5.74, 6) is 0.115. The van der Waals surface area contributed by atoms with Crippen molar-refractivity contribution in [1.82, 2.24) is 9.55 Å². The molecule has 13 heavy (non-hydrogen) atoms. The van der Waals surface area contributed by atoms with Crippen LogP contribution in [0, 0.1) is 0 Å². The summed E-state index contributed by atoms with van der Waals surface area (Å²) in [5, 5.41) is 0. The Morgan fingerprint density at radius 2 is 1.92 bits per heavy atom. The van der Waals surface area contributed by atoms with Crippen molar-refractivity contribution in [1.29, 1.82) is 0 Å². The summed E-state index contributed by atoms with van der Waals surface area (Å²) in [6, 6.07) is 0. The molecular formula is C7H8N4O2. The lowest BCUT2D eigenvalue weighted by Crippen LogP contribution is -2.27. The maximum Gasteiger partial charge on any atom is 0.329 e. The fraction of sp³-hybridized carbons (Fsp3) is 0.143. The number of nitrogens with one attached hydrogen (secondary N) is 1. The summed E-state index contributed by atoms with van der Waals surface area (Å²) >= 11 is 0. The summed E-state index contributed by atoms with van der Waals surface area (Å²) in [5.41, 5.74) is -1.17. The number of rotatable bonds is 2. The number of nitrogens with zero attached hydrogens (tertiary/aromatic N) is 3.